The van der Waals surface area contributed by atoms with Crippen molar-refractivity contribution >= 4 is 12.2 Å². The highest BCUT2D eigenvalue weighted by atomic mass is 32.1. The van der Waals surface area contributed by atoms with Crippen LogP contribution in [-0.2, 0) is 24.1 Å². The number of rotatable bonds is 6. The Balaban J connectivity index is 1.95. The summed E-state index contributed by atoms with van der Waals surface area (Å²) in [7, 11) is 0. The molecule has 0 fully saturated rings. The average molecular weight is 328 g/mol. The first-order chi connectivity index (χ1) is 11.2. The van der Waals surface area contributed by atoms with Crippen molar-refractivity contribution in [1.82, 2.24) is 9.55 Å². The van der Waals surface area contributed by atoms with Crippen molar-refractivity contribution in [3.8, 4) is 11.4 Å². The fourth-order valence-electron chi connectivity index (χ4n) is 3.20. The van der Waals surface area contributed by atoms with E-state index in [1.54, 1.807) is 0 Å². The molecule has 0 bridgehead atoms. The van der Waals surface area contributed by atoms with E-state index < -0.39 is 0 Å². The molecule has 0 aliphatic heterocycles. The van der Waals surface area contributed by atoms with Crippen molar-refractivity contribution in [2.75, 3.05) is 6.61 Å². The van der Waals surface area contributed by atoms with Crippen LogP contribution in [-0.4, -0.2) is 22.3 Å². The molecule has 0 amide bonds. The molecular formula is C19H24N2OS. The molecule has 23 heavy (non-hydrogen) atoms. The van der Waals surface area contributed by atoms with Crippen LogP contribution in [0.2, 0.25) is 0 Å². The number of ether oxygens (including phenoxy) is 1. The Bertz CT molecular complexity index is 722. The van der Waals surface area contributed by atoms with Crippen molar-refractivity contribution in [3.63, 3.8) is 0 Å². The lowest BCUT2D eigenvalue weighted by Gasteiger charge is -2.18. The van der Waals surface area contributed by atoms with E-state index in [0.29, 0.717) is 0 Å². The summed E-state index contributed by atoms with van der Waals surface area (Å²) in [4.78, 5) is 4.77. The van der Waals surface area contributed by atoms with Crippen molar-refractivity contribution in [2.45, 2.75) is 52.2 Å². The highest BCUT2D eigenvalue weighted by Gasteiger charge is 2.20. The molecule has 0 unspecified atom stereocenters. The second kappa shape index (κ2) is 7.37. The monoisotopic (exact) mass is 328 g/mol. The van der Waals surface area contributed by atoms with Gasteiger partial charge in [0.2, 0.25) is 0 Å². The van der Waals surface area contributed by atoms with E-state index >= 15 is 0 Å². The maximum atomic E-state index is 5.70. The Labute approximate surface area is 143 Å². The van der Waals surface area contributed by atoms with Crippen LogP contribution in [0.1, 0.15) is 37.9 Å². The van der Waals surface area contributed by atoms with Gasteiger partial charge in [-0.2, -0.15) is 0 Å². The smallest absolute Gasteiger partial charge is 0.141 e. The summed E-state index contributed by atoms with van der Waals surface area (Å²) in [6, 6.07) is 10.4. The van der Waals surface area contributed by atoms with Gasteiger partial charge in [-0.1, -0.05) is 42.5 Å². The van der Waals surface area contributed by atoms with Crippen molar-refractivity contribution < 1.29 is 4.74 Å². The fraction of sp³-hybridized carbons (Fsp3) is 0.474. The molecule has 122 valence electrons. The van der Waals surface area contributed by atoms with E-state index in [-0.39, 0.29) is 6.10 Å². The molecule has 0 N–H and O–H groups in total. The van der Waals surface area contributed by atoms with Crippen LogP contribution in [0.4, 0.5) is 0 Å². The molecule has 0 saturated heterocycles. The number of hydrogen-bond donors (Lipinski definition) is 0. The minimum absolute atomic E-state index is 0.285. The third-order valence-electron chi connectivity index (χ3n) is 4.25. The summed E-state index contributed by atoms with van der Waals surface area (Å²) in [6.45, 7) is 5.87. The molecule has 1 aromatic heterocycles. The third kappa shape index (κ3) is 3.70. The molecule has 1 aliphatic carbocycles. The number of aromatic nitrogens is 2. The lowest BCUT2D eigenvalue weighted by molar-refractivity contribution is 0.0747. The predicted octanol–water partition coefficient (Wildman–Crippen LogP) is 4.58. The molecule has 0 spiro atoms. The van der Waals surface area contributed by atoms with Gasteiger partial charge < -0.3 is 9.30 Å². The number of fused-ring (bicyclic) bond motifs is 1. The quantitative estimate of drug-likeness (QED) is 0.573. The summed E-state index contributed by atoms with van der Waals surface area (Å²) in [5.41, 5.74) is 3.80. The van der Waals surface area contributed by atoms with Gasteiger partial charge in [0.1, 0.15) is 10.5 Å². The van der Waals surface area contributed by atoms with Crippen LogP contribution in [0, 0.1) is 4.64 Å². The van der Waals surface area contributed by atoms with E-state index in [1.807, 2.05) is 6.07 Å². The van der Waals surface area contributed by atoms with Gasteiger partial charge in [-0.25, -0.2) is 4.98 Å². The molecule has 3 nitrogen and oxygen atoms in total. The highest BCUT2D eigenvalue weighted by Crippen LogP contribution is 2.28. The first kappa shape index (κ1) is 16.3. The summed E-state index contributed by atoms with van der Waals surface area (Å²) >= 11 is 5.55. The normalized spacial score (nSPS) is 13.5. The first-order valence-corrected chi connectivity index (χ1v) is 8.87. The van der Waals surface area contributed by atoms with Gasteiger partial charge in [-0.05, 0) is 39.5 Å². The van der Waals surface area contributed by atoms with Crippen molar-refractivity contribution in [2.24, 2.45) is 0 Å². The average Bonchev–Trinajstić information content (AvgIpc) is 3.04. The Kier molecular flexibility index (Phi) is 5.23. The predicted molar refractivity (Wildman–Crippen MR) is 96.2 cm³/mol. The van der Waals surface area contributed by atoms with Gasteiger partial charge in [-0.3, -0.25) is 0 Å². The molecule has 3 rings (SSSR count). The van der Waals surface area contributed by atoms with Gasteiger partial charge in [-0.15, -0.1) is 0 Å². The van der Waals surface area contributed by atoms with E-state index in [1.165, 1.54) is 17.7 Å². The van der Waals surface area contributed by atoms with Crippen LogP contribution >= 0.6 is 12.2 Å². The zero-order valence-corrected chi connectivity index (χ0v) is 14.7. The van der Waals surface area contributed by atoms with E-state index in [2.05, 4.69) is 42.7 Å². The summed E-state index contributed by atoms with van der Waals surface area (Å²) in [5, 5.41) is 0. The van der Waals surface area contributed by atoms with Crippen LogP contribution in [0.5, 0.6) is 0 Å². The zero-order valence-electron chi connectivity index (χ0n) is 13.9. The summed E-state index contributed by atoms with van der Waals surface area (Å²) in [6.07, 6.45) is 4.63. The molecule has 0 saturated carbocycles. The summed E-state index contributed by atoms with van der Waals surface area (Å²) in [5.74, 6) is 1.00. The largest absolute Gasteiger partial charge is 0.379 e. The second-order valence-corrected chi connectivity index (χ2v) is 6.70. The second-order valence-electron chi connectivity index (χ2n) is 6.31. The van der Waals surface area contributed by atoms with Gasteiger partial charge in [0.25, 0.3) is 0 Å². The van der Waals surface area contributed by atoms with E-state index in [9.17, 15) is 0 Å². The molecule has 4 heteroatoms. The number of nitrogens with zero attached hydrogens (tertiary/aromatic N) is 2. The van der Waals surface area contributed by atoms with Crippen LogP contribution in [0.25, 0.3) is 11.4 Å². The topological polar surface area (TPSA) is 27.1 Å². The maximum absolute atomic E-state index is 5.70. The van der Waals surface area contributed by atoms with Crippen LogP contribution in [0.15, 0.2) is 30.3 Å². The zero-order chi connectivity index (χ0) is 16.2. The standard InChI is InChI=1S/C19H24N2OS/c1-14(2)22-13-7-12-21-17-11-6-10-16(17)19(23)20-18(21)15-8-4-3-5-9-15/h3-5,8-9,14H,6-7,10-13H2,1-2H3. The molecular weight excluding hydrogens is 304 g/mol. The lowest BCUT2D eigenvalue weighted by atomic mass is 10.1. The lowest BCUT2D eigenvalue weighted by Crippen LogP contribution is -2.14. The van der Waals surface area contributed by atoms with Crippen molar-refractivity contribution in [1.29, 1.82) is 0 Å². The SMILES string of the molecule is CC(C)OCCCn1c(-c2ccccc2)nc(=S)c2c1CCC2. The maximum Gasteiger partial charge on any atom is 0.141 e. The van der Waals surface area contributed by atoms with E-state index in [4.69, 9.17) is 21.9 Å². The molecule has 1 aliphatic rings. The van der Waals surface area contributed by atoms with Crippen LogP contribution < -0.4 is 0 Å². The number of hydrogen-bond acceptors (Lipinski definition) is 3. The van der Waals surface area contributed by atoms with Gasteiger partial charge in [0.15, 0.2) is 0 Å². The first-order valence-electron chi connectivity index (χ1n) is 8.46. The van der Waals surface area contributed by atoms with Crippen LogP contribution in [0.3, 0.4) is 0 Å². The Hall–Kier alpha value is -1.52. The molecule has 0 atom stereocenters. The Morgan fingerprint density at radius 2 is 2.00 bits per heavy atom. The molecule has 1 heterocycles. The Morgan fingerprint density at radius 3 is 2.74 bits per heavy atom. The minimum atomic E-state index is 0.285. The van der Waals surface area contributed by atoms with Crippen molar-refractivity contribution in [3.05, 3.63) is 46.2 Å². The summed E-state index contributed by atoms with van der Waals surface area (Å²) < 4.78 is 8.85. The minimum Gasteiger partial charge on any atom is -0.379 e. The van der Waals surface area contributed by atoms with E-state index in [0.717, 1.165) is 48.4 Å². The molecule has 0 radical (unpaired) electrons. The van der Waals surface area contributed by atoms with Gasteiger partial charge in [0.05, 0.1) is 6.10 Å². The number of benzene rings is 1. The van der Waals surface area contributed by atoms with Gasteiger partial charge in [0, 0.05) is 30.0 Å². The van der Waals surface area contributed by atoms with Gasteiger partial charge >= 0.3 is 0 Å². The molecule has 2 aromatic rings. The molecule has 1 aromatic carbocycles. The highest BCUT2D eigenvalue weighted by molar-refractivity contribution is 7.71. The Morgan fingerprint density at radius 1 is 1.22 bits per heavy atom. The fourth-order valence-corrected chi connectivity index (χ4v) is 3.50. The third-order valence-corrected chi connectivity index (χ3v) is 4.58.